The van der Waals surface area contributed by atoms with Crippen LogP contribution in [-0.2, 0) is 0 Å². The van der Waals surface area contributed by atoms with Gasteiger partial charge in [-0.25, -0.2) is 0 Å². The van der Waals surface area contributed by atoms with Crippen LogP contribution in [0.15, 0.2) is 138 Å². The third kappa shape index (κ3) is 4.40. The van der Waals surface area contributed by atoms with Crippen LogP contribution in [0.3, 0.4) is 0 Å². The fraction of sp³-hybridized carbons (Fsp3) is 0. The van der Waals surface area contributed by atoms with Crippen LogP contribution in [0.2, 0.25) is 0 Å². The lowest BCUT2D eigenvalue weighted by Gasteiger charge is -2.34. The van der Waals surface area contributed by atoms with Gasteiger partial charge in [0.15, 0.2) is 8.07 Å². The molecule has 0 radical (unpaired) electrons. The minimum Gasteiger partial charge on any atom is -0.423 e. The molecule has 0 unspecified atom stereocenters. The summed E-state index contributed by atoms with van der Waals surface area (Å²) in [5, 5.41) is 24.8. The molecule has 0 amide bonds. The minimum atomic E-state index is -2.62. The molecule has 0 aliphatic heterocycles. The quantitative estimate of drug-likeness (QED) is 0.196. The topological polar surface area (TPSA) is 40.5 Å². The van der Waals surface area contributed by atoms with Gasteiger partial charge in [-0.15, -0.1) is 12.6 Å². The molecule has 2 nitrogen and oxygen atoms in total. The van der Waals surface area contributed by atoms with E-state index < -0.39 is 15.2 Å². The summed E-state index contributed by atoms with van der Waals surface area (Å²) in [7, 11) is -4.20. The molecule has 2 N–H and O–H groups in total. The van der Waals surface area contributed by atoms with Crippen LogP contribution < -0.4 is 26.2 Å². The van der Waals surface area contributed by atoms with Crippen molar-refractivity contribution >= 4 is 54.0 Å². The Labute approximate surface area is 213 Å². The zero-order chi connectivity index (χ0) is 24.3. The van der Waals surface area contributed by atoms with Crippen molar-refractivity contribution in [3.63, 3.8) is 0 Å². The summed E-state index contributed by atoms with van der Waals surface area (Å²) in [6.07, 6.45) is 0. The molecule has 0 aromatic heterocycles. The summed E-state index contributed by atoms with van der Waals surface area (Å²) in [4.78, 5) is 0.557. The summed E-state index contributed by atoms with van der Waals surface area (Å²) in [5.41, 5.74) is 2.34. The largest absolute Gasteiger partial charge is 0.489 e. The lowest BCUT2D eigenvalue weighted by atomic mass is 9.79. The second-order valence-corrected chi connectivity index (χ2v) is 12.9. The average Bonchev–Trinajstić information content (AvgIpc) is 2.91. The Bertz CT molecular complexity index is 1330. The minimum absolute atomic E-state index is 0.397. The van der Waals surface area contributed by atoms with Gasteiger partial charge in [0.25, 0.3) is 0 Å². The molecule has 0 fully saturated rings. The van der Waals surface area contributed by atoms with Crippen molar-refractivity contribution in [1.29, 1.82) is 0 Å². The summed E-state index contributed by atoms with van der Waals surface area (Å²) in [5.74, 6) is 0. The normalized spacial score (nSPS) is 11.3. The first-order valence-electron chi connectivity index (χ1n) is 11.6. The molecule has 5 aromatic carbocycles. The second-order valence-electron chi connectivity index (χ2n) is 8.58. The summed E-state index contributed by atoms with van der Waals surface area (Å²) in [6.45, 7) is 0. The predicted octanol–water partition coefficient (Wildman–Crippen LogP) is 2.70. The van der Waals surface area contributed by atoms with E-state index >= 15 is 0 Å². The highest BCUT2D eigenvalue weighted by Crippen LogP contribution is 2.21. The lowest BCUT2D eigenvalue weighted by molar-refractivity contribution is 0.425. The first kappa shape index (κ1) is 23.4. The van der Waals surface area contributed by atoms with Crippen molar-refractivity contribution in [1.82, 2.24) is 0 Å². The van der Waals surface area contributed by atoms with E-state index in [0.717, 1.165) is 11.1 Å². The maximum absolute atomic E-state index is 9.82. The van der Waals surface area contributed by atoms with Gasteiger partial charge in [-0.2, -0.15) is 0 Å². The van der Waals surface area contributed by atoms with Crippen molar-refractivity contribution in [3.8, 4) is 11.1 Å². The fourth-order valence-electron chi connectivity index (χ4n) is 4.94. The number of rotatable bonds is 6. The smallest absolute Gasteiger partial charge is 0.423 e. The van der Waals surface area contributed by atoms with Gasteiger partial charge in [0, 0.05) is 4.90 Å². The predicted molar refractivity (Wildman–Crippen MR) is 153 cm³/mol. The maximum atomic E-state index is 9.82. The Morgan fingerprint density at radius 2 is 0.943 bits per heavy atom. The first-order valence-corrected chi connectivity index (χ1v) is 14.0. The van der Waals surface area contributed by atoms with E-state index in [0.29, 0.717) is 10.4 Å². The van der Waals surface area contributed by atoms with E-state index in [2.05, 4.69) is 128 Å². The first-order chi connectivity index (χ1) is 17.1. The number of hydrogen-bond donors (Lipinski definition) is 3. The molecular weight excluding hydrogens is 463 g/mol. The zero-order valence-electron chi connectivity index (χ0n) is 19.1. The van der Waals surface area contributed by atoms with E-state index in [1.807, 2.05) is 18.2 Å². The van der Waals surface area contributed by atoms with Crippen molar-refractivity contribution in [2.45, 2.75) is 4.90 Å². The summed E-state index contributed by atoms with van der Waals surface area (Å²) in [6, 6.07) is 46.6. The highest BCUT2D eigenvalue weighted by atomic mass is 32.1. The van der Waals surface area contributed by atoms with Gasteiger partial charge in [-0.3, -0.25) is 0 Å². The maximum Gasteiger partial charge on any atom is 0.489 e. The molecule has 0 heterocycles. The molecule has 0 saturated carbocycles. The Morgan fingerprint density at radius 1 is 0.486 bits per heavy atom. The fourth-order valence-corrected chi connectivity index (χ4v) is 9.99. The van der Waals surface area contributed by atoms with Crippen molar-refractivity contribution in [2.24, 2.45) is 0 Å². The molecule has 0 spiro atoms. The Hall–Kier alpha value is -3.35. The second kappa shape index (κ2) is 10.1. The van der Waals surface area contributed by atoms with Crippen molar-refractivity contribution in [2.75, 3.05) is 0 Å². The number of benzene rings is 5. The van der Waals surface area contributed by atoms with Gasteiger partial charge >= 0.3 is 7.12 Å². The van der Waals surface area contributed by atoms with E-state index in [4.69, 9.17) is 0 Å². The SMILES string of the molecule is OB(O)c1cc(-c2cccc([Si](c3ccccc3)(c3ccccc3)c3ccccc3)c2)ccc1S. The molecule has 35 heavy (non-hydrogen) atoms. The molecule has 0 atom stereocenters. The van der Waals surface area contributed by atoms with E-state index in [9.17, 15) is 10.0 Å². The summed E-state index contributed by atoms with van der Waals surface area (Å²) >= 11 is 4.39. The van der Waals surface area contributed by atoms with Gasteiger partial charge in [-0.05, 0) is 43.4 Å². The third-order valence-corrected chi connectivity index (χ3v) is 11.7. The third-order valence-electron chi connectivity index (χ3n) is 6.56. The monoisotopic (exact) mass is 488 g/mol. The molecule has 170 valence electrons. The van der Waals surface area contributed by atoms with Crippen LogP contribution in [0.5, 0.6) is 0 Å². The van der Waals surface area contributed by atoms with Crippen LogP contribution in [0.4, 0.5) is 0 Å². The Balaban J connectivity index is 1.81. The molecular formula is C30H25BO2SSi. The van der Waals surface area contributed by atoms with E-state index in [1.165, 1.54) is 20.7 Å². The van der Waals surface area contributed by atoms with Crippen LogP contribution in [-0.4, -0.2) is 25.2 Å². The summed E-state index contributed by atoms with van der Waals surface area (Å²) < 4.78 is 0. The number of thiol groups is 1. The highest BCUT2D eigenvalue weighted by Gasteiger charge is 2.41. The van der Waals surface area contributed by atoms with Gasteiger partial charge in [0.05, 0.1) is 0 Å². The van der Waals surface area contributed by atoms with Crippen LogP contribution in [0, 0.1) is 0 Å². The highest BCUT2D eigenvalue weighted by molar-refractivity contribution is 7.80. The van der Waals surface area contributed by atoms with Crippen LogP contribution >= 0.6 is 12.6 Å². The molecule has 0 saturated heterocycles. The lowest BCUT2D eigenvalue weighted by Crippen LogP contribution is -2.74. The Morgan fingerprint density at radius 3 is 1.43 bits per heavy atom. The molecule has 0 aliphatic carbocycles. The average molecular weight is 488 g/mol. The van der Waals surface area contributed by atoms with Gasteiger partial charge in [-0.1, -0.05) is 127 Å². The molecule has 0 aliphatic rings. The van der Waals surface area contributed by atoms with Gasteiger partial charge < -0.3 is 10.0 Å². The standard InChI is InChI=1S/C30H25BO2SSi/c32-31(33)29-22-24(19-20-30(29)34)23-11-10-18-28(21-23)35(25-12-4-1-5-13-25,26-14-6-2-7-15-26)27-16-8-3-9-17-27/h1-22,32-34H. The van der Waals surface area contributed by atoms with Crippen molar-refractivity contribution in [3.05, 3.63) is 133 Å². The molecule has 0 bridgehead atoms. The molecule has 5 aromatic rings. The molecule has 5 heteroatoms. The van der Waals surface area contributed by atoms with Crippen LogP contribution in [0.1, 0.15) is 0 Å². The van der Waals surface area contributed by atoms with Crippen LogP contribution in [0.25, 0.3) is 11.1 Å². The van der Waals surface area contributed by atoms with E-state index in [1.54, 1.807) is 0 Å². The van der Waals surface area contributed by atoms with Crippen molar-refractivity contribution < 1.29 is 10.0 Å². The van der Waals surface area contributed by atoms with Gasteiger partial charge in [0.2, 0.25) is 0 Å². The zero-order valence-corrected chi connectivity index (χ0v) is 21.0. The van der Waals surface area contributed by atoms with E-state index in [-0.39, 0.29) is 0 Å². The molecule has 5 rings (SSSR count). The Kier molecular flexibility index (Phi) is 6.75. The number of hydrogen-bond acceptors (Lipinski definition) is 3. The van der Waals surface area contributed by atoms with Gasteiger partial charge in [0.1, 0.15) is 0 Å².